The van der Waals surface area contributed by atoms with Crippen LogP contribution in [0.15, 0.2) is 96.2 Å². The van der Waals surface area contributed by atoms with E-state index in [0.717, 1.165) is 16.8 Å². The molecule has 190 valence electrons. The van der Waals surface area contributed by atoms with Gasteiger partial charge in [-0.15, -0.1) is 0 Å². The third kappa shape index (κ3) is 7.28. The Kier molecular flexibility index (Phi) is 8.32. The summed E-state index contributed by atoms with van der Waals surface area (Å²) in [5.41, 5.74) is 2.22. The molecule has 37 heavy (non-hydrogen) atoms. The molecule has 0 bridgehead atoms. The maximum atomic E-state index is 13.1. The SMILES string of the molecule is Cc1cc(OCCNc2ccnnc2)cc(OS(=O)(=O)c2ccccc2C(=O)OCc2ccccc2)c1. The summed E-state index contributed by atoms with van der Waals surface area (Å²) in [4.78, 5) is 12.4. The van der Waals surface area contributed by atoms with Crippen LogP contribution in [0.2, 0.25) is 0 Å². The van der Waals surface area contributed by atoms with Gasteiger partial charge in [0, 0.05) is 12.6 Å². The molecule has 0 unspecified atom stereocenters. The Labute approximate surface area is 215 Å². The average molecular weight is 520 g/mol. The Hall–Kier alpha value is -4.44. The molecule has 0 amide bonds. The summed E-state index contributed by atoms with van der Waals surface area (Å²) in [5, 5.41) is 10.7. The van der Waals surface area contributed by atoms with Crippen LogP contribution in [0, 0.1) is 6.92 Å². The van der Waals surface area contributed by atoms with Crippen molar-refractivity contribution in [2.75, 3.05) is 18.5 Å². The Morgan fingerprint density at radius 2 is 1.68 bits per heavy atom. The Morgan fingerprint density at radius 3 is 2.46 bits per heavy atom. The van der Waals surface area contributed by atoms with Crippen molar-refractivity contribution in [1.82, 2.24) is 10.2 Å². The van der Waals surface area contributed by atoms with Crippen molar-refractivity contribution in [3.05, 3.63) is 108 Å². The number of aryl methyl sites for hydroxylation is 1. The van der Waals surface area contributed by atoms with E-state index < -0.39 is 16.1 Å². The van der Waals surface area contributed by atoms with E-state index in [1.54, 1.807) is 43.6 Å². The highest BCUT2D eigenvalue weighted by Gasteiger charge is 2.25. The van der Waals surface area contributed by atoms with Gasteiger partial charge in [0.15, 0.2) is 0 Å². The van der Waals surface area contributed by atoms with Gasteiger partial charge in [-0.05, 0) is 48.4 Å². The predicted molar refractivity (Wildman–Crippen MR) is 137 cm³/mol. The number of ether oxygens (including phenoxy) is 2. The number of aromatic nitrogens is 2. The molecule has 0 aliphatic carbocycles. The molecule has 0 fully saturated rings. The summed E-state index contributed by atoms with van der Waals surface area (Å²) in [6.45, 7) is 2.61. The second kappa shape index (κ2) is 12.0. The number of hydrogen-bond acceptors (Lipinski definition) is 9. The molecule has 0 saturated heterocycles. The van der Waals surface area contributed by atoms with E-state index in [4.69, 9.17) is 13.7 Å². The minimum absolute atomic E-state index is 0.0139. The minimum atomic E-state index is -4.35. The van der Waals surface area contributed by atoms with Crippen LogP contribution in [-0.4, -0.2) is 37.7 Å². The summed E-state index contributed by atoms with van der Waals surface area (Å²) < 4.78 is 42.8. The lowest BCUT2D eigenvalue weighted by Gasteiger charge is -2.13. The van der Waals surface area contributed by atoms with Crippen LogP contribution in [0.4, 0.5) is 5.69 Å². The van der Waals surface area contributed by atoms with E-state index >= 15 is 0 Å². The number of nitrogens with zero attached hydrogens (tertiary/aromatic N) is 2. The molecule has 3 aromatic carbocycles. The van der Waals surface area contributed by atoms with E-state index in [1.165, 1.54) is 24.3 Å². The van der Waals surface area contributed by atoms with Crippen molar-refractivity contribution in [2.45, 2.75) is 18.4 Å². The van der Waals surface area contributed by atoms with Crippen LogP contribution in [0.3, 0.4) is 0 Å². The van der Waals surface area contributed by atoms with Crippen molar-refractivity contribution < 1.29 is 26.9 Å². The van der Waals surface area contributed by atoms with Gasteiger partial charge >= 0.3 is 16.1 Å². The first-order chi connectivity index (χ1) is 17.9. The lowest BCUT2D eigenvalue weighted by molar-refractivity contribution is 0.0468. The number of rotatable bonds is 11. The maximum absolute atomic E-state index is 13.1. The van der Waals surface area contributed by atoms with Crippen molar-refractivity contribution in [3.8, 4) is 11.5 Å². The number of benzene rings is 3. The van der Waals surface area contributed by atoms with Crippen molar-refractivity contribution in [1.29, 1.82) is 0 Å². The highest BCUT2D eigenvalue weighted by atomic mass is 32.2. The zero-order valence-corrected chi connectivity index (χ0v) is 20.9. The predicted octanol–water partition coefficient (Wildman–Crippen LogP) is 4.40. The normalized spacial score (nSPS) is 10.9. The third-order valence-electron chi connectivity index (χ3n) is 5.10. The lowest BCUT2D eigenvalue weighted by Crippen LogP contribution is -2.16. The van der Waals surface area contributed by atoms with Crippen LogP contribution >= 0.6 is 0 Å². The maximum Gasteiger partial charge on any atom is 0.340 e. The van der Waals surface area contributed by atoms with Crippen LogP contribution in [0.5, 0.6) is 11.5 Å². The highest BCUT2D eigenvalue weighted by Crippen LogP contribution is 2.27. The topological polar surface area (TPSA) is 117 Å². The largest absolute Gasteiger partial charge is 0.492 e. The van der Waals surface area contributed by atoms with Gasteiger partial charge in [-0.2, -0.15) is 18.6 Å². The monoisotopic (exact) mass is 519 g/mol. The zero-order chi connectivity index (χ0) is 26.1. The zero-order valence-electron chi connectivity index (χ0n) is 20.0. The molecule has 1 aromatic heterocycles. The molecular formula is C27H25N3O6S. The summed E-state index contributed by atoms with van der Waals surface area (Å²) >= 11 is 0. The summed E-state index contributed by atoms with van der Waals surface area (Å²) in [7, 11) is -4.35. The van der Waals surface area contributed by atoms with Gasteiger partial charge in [0.05, 0.1) is 23.6 Å². The Bertz CT molecular complexity index is 1450. The number of esters is 1. The second-order valence-corrected chi connectivity index (χ2v) is 9.50. The number of carbonyl (C=O) groups is 1. The molecule has 10 heteroatoms. The van der Waals surface area contributed by atoms with E-state index in [-0.39, 0.29) is 22.8 Å². The van der Waals surface area contributed by atoms with Gasteiger partial charge in [0.25, 0.3) is 0 Å². The molecule has 1 heterocycles. The van der Waals surface area contributed by atoms with Crippen LogP contribution in [0.25, 0.3) is 0 Å². The molecule has 0 saturated carbocycles. The number of hydrogen-bond donors (Lipinski definition) is 1. The van der Waals surface area contributed by atoms with E-state index in [1.807, 2.05) is 30.3 Å². The molecule has 9 nitrogen and oxygen atoms in total. The van der Waals surface area contributed by atoms with Gasteiger partial charge in [-0.1, -0.05) is 42.5 Å². The van der Waals surface area contributed by atoms with E-state index in [0.29, 0.717) is 18.9 Å². The molecular weight excluding hydrogens is 494 g/mol. The Balaban J connectivity index is 1.43. The Morgan fingerprint density at radius 1 is 0.919 bits per heavy atom. The van der Waals surface area contributed by atoms with Gasteiger partial charge in [-0.25, -0.2) is 4.79 Å². The first kappa shape index (κ1) is 25.6. The molecule has 0 aliphatic rings. The molecule has 0 spiro atoms. The molecule has 0 aliphatic heterocycles. The van der Waals surface area contributed by atoms with Crippen molar-refractivity contribution in [2.24, 2.45) is 0 Å². The van der Waals surface area contributed by atoms with Gasteiger partial charge < -0.3 is 19.0 Å². The molecule has 4 aromatic rings. The van der Waals surface area contributed by atoms with Crippen molar-refractivity contribution >= 4 is 21.8 Å². The molecule has 4 rings (SSSR count). The fourth-order valence-corrected chi connectivity index (χ4v) is 4.54. The number of nitrogens with one attached hydrogen (secondary N) is 1. The quantitative estimate of drug-likeness (QED) is 0.175. The summed E-state index contributed by atoms with van der Waals surface area (Å²) in [5.74, 6) is -0.263. The summed E-state index contributed by atoms with van der Waals surface area (Å²) in [6.07, 6.45) is 3.17. The minimum Gasteiger partial charge on any atom is -0.492 e. The van der Waals surface area contributed by atoms with Crippen molar-refractivity contribution in [3.63, 3.8) is 0 Å². The molecule has 1 N–H and O–H groups in total. The van der Waals surface area contributed by atoms with E-state index in [9.17, 15) is 13.2 Å². The fourth-order valence-electron chi connectivity index (χ4n) is 3.43. The third-order valence-corrected chi connectivity index (χ3v) is 6.41. The number of carbonyl (C=O) groups excluding carboxylic acids is 1. The first-order valence-corrected chi connectivity index (χ1v) is 12.8. The second-order valence-electron chi connectivity index (χ2n) is 7.98. The fraction of sp³-hybridized carbons (Fsp3) is 0.148. The average Bonchev–Trinajstić information content (AvgIpc) is 2.90. The standard InChI is InChI=1S/C27H25N3O6S/c1-20-15-23(34-14-13-28-22-11-12-29-30-18-22)17-24(16-20)36-37(32,33)26-10-6-5-9-25(26)27(31)35-19-21-7-3-2-4-8-21/h2-12,15-18H,13-14,19H2,1H3,(H,28,29). The summed E-state index contributed by atoms with van der Waals surface area (Å²) in [6, 6.07) is 21.5. The van der Waals surface area contributed by atoms with Gasteiger partial charge in [0.2, 0.25) is 0 Å². The van der Waals surface area contributed by atoms with Gasteiger partial charge in [0.1, 0.15) is 29.6 Å². The number of anilines is 1. The van der Waals surface area contributed by atoms with Crippen LogP contribution in [0.1, 0.15) is 21.5 Å². The van der Waals surface area contributed by atoms with Gasteiger partial charge in [-0.3, -0.25) is 0 Å². The van der Waals surface area contributed by atoms with Crippen LogP contribution in [-0.2, 0) is 21.5 Å². The van der Waals surface area contributed by atoms with Crippen LogP contribution < -0.4 is 14.2 Å². The lowest BCUT2D eigenvalue weighted by atomic mass is 10.2. The first-order valence-electron chi connectivity index (χ1n) is 11.4. The van der Waals surface area contributed by atoms with E-state index in [2.05, 4.69) is 15.5 Å². The highest BCUT2D eigenvalue weighted by molar-refractivity contribution is 7.87. The molecule has 0 radical (unpaired) electrons. The smallest absolute Gasteiger partial charge is 0.340 e. The molecule has 0 atom stereocenters.